The first-order valence-corrected chi connectivity index (χ1v) is 10.9. The molecule has 2 unspecified atom stereocenters. The molecular weight excluding hydrogens is 406 g/mol. The van der Waals surface area contributed by atoms with Gasteiger partial charge in [0.05, 0.1) is 29.8 Å². The van der Waals surface area contributed by atoms with Crippen LogP contribution < -0.4 is 10.6 Å². The number of fused-ring (bicyclic) bond motifs is 1. The molecule has 7 nitrogen and oxygen atoms in total. The van der Waals surface area contributed by atoms with E-state index in [-0.39, 0.29) is 30.2 Å². The number of rotatable bonds is 6. The first kappa shape index (κ1) is 21.8. The third kappa shape index (κ3) is 4.89. The number of ether oxygens (including phenoxy) is 1. The molecule has 2 aliphatic rings. The number of carbonyl (C=O) groups is 3. The minimum absolute atomic E-state index is 0.0395. The van der Waals surface area contributed by atoms with Crippen molar-refractivity contribution in [1.29, 1.82) is 0 Å². The Kier molecular flexibility index (Phi) is 6.66. The fraction of sp³-hybridized carbons (Fsp3) is 0.320. The molecule has 7 heteroatoms. The zero-order valence-electron chi connectivity index (χ0n) is 18.0. The highest BCUT2D eigenvalue weighted by molar-refractivity contribution is 6.04. The predicted molar refractivity (Wildman–Crippen MR) is 122 cm³/mol. The molecule has 0 bridgehead atoms. The van der Waals surface area contributed by atoms with Gasteiger partial charge in [-0.05, 0) is 42.2 Å². The number of nitrogens with one attached hydrogen (secondary N) is 2. The summed E-state index contributed by atoms with van der Waals surface area (Å²) in [4.78, 5) is 39.4. The van der Waals surface area contributed by atoms with Gasteiger partial charge in [-0.2, -0.15) is 0 Å². The Morgan fingerprint density at radius 3 is 2.66 bits per heavy atom. The summed E-state index contributed by atoms with van der Waals surface area (Å²) in [7, 11) is 0. The number of carbonyl (C=O) groups excluding carboxylic acids is 3. The third-order valence-electron chi connectivity index (χ3n) is 5.81. The van der Waals surface area contributed by atoms with E-state index in [0.717, 1.165) is 30.6 Å². The maximum absolute atomic E-state index is 13.0. The van der Waals surface area contributed by atoms with E-state index < -0.39 is 6.04 Å². The average Bonchev–Trinajstić information content (AvgIpc) is 3.31. The Labute approximate surface area is 187 Å². The Morgan fingerprint density at radius 2 is 1.88 bits per heavy atom. The molecule has 1 saturated heterocycles. The van der Waals surface area contributed by atoms with Crippen LogP contribution in [0.4, 0.5) is 5.69 Å². The highest BCUT2D eigenvalue weighted by Crippen LogP contribution is 2.33. The largest absolute Gasteiger partial charge is 0.376 e. The molecule has 4 rings (SSSR count). The molecule has 2 aromatic carbocycles. The number of para-hydroxylation sites is 1. The molecule has 0 saturated carbocycles. The van der Waals surface area contributed by atoms with E-state index in [1.165, 1.54) is 6.92 Å². The summed E-state index contributed by atoms with van der Waals surface area (Å²) in [5.41, 5.74) is 2.74. The topological polar surface area (TPSA) is 87.7 Å². The summed E-state index contributed by atoms with van der Waals surface area (Å²) in [5.74, 6) is -0.666. The van der Waals surface area contributed by atoms with E-state index >= 15 is 0 Å². The Hall–Kier alpha value is -3.45. The molecule has 32 heavy (non-hydrogen) atoms. The average molecular weight is 434 g/mol. The van der Waals surface area contributed by atoms with Crippen LogP contribution in [0, 0.1) is 0 Å². The van der Waals surface area contributed by atoms with Crippen molar-refractivity contribution in [2.75, 3.05) is 18.5 Å². The second-order valence-corrected chi connectivity index (χ2v) is 8.03. The van der Waals surface area contributed by atoms with Crippen molar-refractivity contribution in [1.82, 2.24) is 10.2 Å². The van der Waals surface area contributed by atoms with Gasteiger partial charge < -0.3 is 20.3 Å². The van der Waals surface area contributed by atoms with Crippen LogP contribution in [-0.4, -0.2) is 41.9 Å². The highest BCUT2D eigenvalue weighted by atomic mass is 16.5. The molecule has 2 atom stereocenters. The normalized spacial score (nSPS) is 19.3. The third-order valence-corrected chi connectivity index (χ3v) is 5.81. The zero-order chi connectivity index (χ0) is 22.5. The molecule has 2 aromatic rings. The van der Waals surface area contributed by atoms with Crippen LogP contribution in [0.1, 0.15) is 53.7 Å². The Morgan fingerprint density at radius 1 is 1.09 bits per heavy atom. The zero-order valence-corrected chi connectivity index (χ0v) is 18.0. The number of nitrogens with zero attached hydrogens (tertiary/aromatic N) is 1. The Bertz CT molecular complexity index is 1040. The minimum atomic E-state index is -0.408. The van der Waals surface area contributed by atoms with E-state index in [2.05, 4.69) is 10.6 Å². The fourth-order valence-electron chi connectivity index (χ4n) is 4.19. The predicted octanol–water partition coefficient (Wildman–Crippen LogP) is 3.50. The van der Waals surface area contributed by atoms with Crippen LogP contribution in [0.3, 0.4) is 0 Å². The lowest BCUT2D eigenvalue weighted by molar-refractivity contribution is -0.129. The van der Waals surface area contributed by atoms with E-state index in [9.17, 15) is 14.4 Å². The van der Waals surface area contributed by atoms with E-state index in [4.69, 9.17) is 4.74 Å². The van der Waals surface area contributed by atoms with Crippen molar-refractivity contribution in [3.8, 4) is 0 Å². The number of hydrogen-bond donors (Lipinski definition) is 2. The van der Waals surface area contributed by atoms with Crippen LogP contribution in [-0.2, 0) is 14.3 Å². The van der Waals surface area contributed by atoms with Crippen LogP contribution in [0.5, 0.6) is 0 Å². The van der Waals surface area contributed by atoms with Crippen molar-refractivity contribution >= 4 is 29.5 Å². The molecule has 1 fully saturated rings. The van der Waals surface area contributed by atoms with Crippen molar-refractivity contribution in [2.45, 2.75) is 38.3 Å². The molecule has 0 aliphatic carbocycles. The number of benzene rings is 2. The van der Waals surface area contributed by atoms with Gasteiger partial charge in [0, 0.05) is 26.3 Å². The molecule has 166 valence electrons. The number of amides is 3. The number of anilines is 1. The van der Waals surface area contributed by atoms with Gasteiger partial charge in [-0.15, -0.1) is 0 Å². The molecule has 2 N–H and O–H groups in total. The monoisotopic (exact) mass is 433 g/mol. The molecule has 3 amide bonds. The fourth-order valence-corrected chi connectivity index (χ4v) is 4.19. The van der Waals surface area contributed by atoms with Gasteiger partial charge in [0.2, 0.25) is 11.8 Å². The lowest BCUT2D eigenvalue weighted by Crippen LogP contribution is -2.34. The summed E-state index contributed by atoms with van der Waals surface area (Å²) >= 11 is 0. The lowest BCUT2D eigenvalue weighted by Gasteiger charge is -2.32. The van der Waals surface area contributed by atoms with E-state index in [0.29, 0.717) is 17.8 Å². The summed E-state index contributed by atoms with van der Waals surface area (Å²) in [5, 5.41) is 5.76. The second kappa shape index (κ2) is 9.78. The lowest BCUT2D eigenvalue weighted by atomic mass is 9.93. The number of hydrogen-bond acceptors (Lipinski definition) is 4. The maximum Gasteiger partial charge on any atom is 0.253 e. The van der Waals surface area contributed by atoms with Gasteiger partial charge in [-0.3, -0.25) is 14.4 Å². The van der Waals surface area contributed by atoms with Gasteiger partial charge in [-0.25, -0.2) is 0 Å². The minimum Gasteiger partial charge on any atom is -0.376 e. The summed E-state index contributed by atoms with van der Waals surface area (Å²) in [6.07, 6.45) is 5.64. The van der Waals surface area contributed by atoms with Crippen molar-refractivity contribution in [3.05, 3.63) is 71.4 Å². The van der Waals surface area contributed by atoms with Crippen molar-refractivity contribution in [2.24, 2.45) is 0 Å². The first-order valence-electron chi connectivity index (χ1n) is 10.9. The van der Waals surface area contributed by atoms with Gasteiger partial charge in [-0.1, -0.05) is 36.4 Å². The molecule has 0 radical (unpaired) electrons. The SMILES string of the molecule is CC(=O)N1C=Cc2ccccc2C1CC(=O)Nc1ccccc1C(=O)NCC1CCCO1. The van der Waals surface area contributed by atoms with Gasteiger partial charge in [0.15, 0.2) is 0 Å². The van der Waals surface area contributed by atoms with Crippen LogP contribution in [0.25, 0.3) is 6.08 Å². The first-order chi connectivity index (χ1) is 15.5. The molecule has 2 aliphatic heterocycles. The smallest absolute Gasteiger partial charge is 0.253 e. The summed E-state index contributed by atoms with van der Waals surface area (Å²) in [6.45, 7) is 2.65. The van der Waals surface area contributed by atoms with Gasteiger partial charge in [0.25, 0.3) is 5.91 Å². The maximum atomic E-state index is 13.0. The van der Waals surface area contributed by atoms with Gasteiger partial charge >= 0.3 is 0 Å². The standard InChI is InChI=1S/C25H27N3O4/c1-17(29)28-13-12-18-7-2-3-9-20(18)23(28)15-24(30)27-22-11-5-4-10-21(22)25(31)26-16-19-8-6-14-32-19/h2-5,7,9-13,19,23H,6,8,14-16H2,1H3,(H,26,31)(H,27,30). The van der Waals surface area contributed by atoms with Crippen LogP contribution in [0.15, 0.2) is 54.7 Å². The second-order valence-electron chi connectivity index (χ2n) is 8.03. The Balaban J connectivity index is 1.46. The van der Waals surface area contributed by atoms with Crippen molar-refractivity contribution < 1.29 is 19.1 Å². The molecule has 0 spiro atoms. The van der Waals surface area contributed by atoms with Crippen LogP contribution >= 0.6 is 0 Å². The summed E-state index contributed by atoms with van der Waals surface area (Å²) < 4.78 is 5.55. The van der Waals surface area contributed by atoms with Crippen LogP contribution in [0.2, 0.25) is 0 Å². The summed E-state index contributed by atoms with van der Waals surface area (Å²) in [6, 6.07) is 14.2. The molecule has 0 aromatic heterocycles. The van der Waals surface area contributed by atoms with E-state index in [1.807, 2.05) is 30.3 Å². The quantitative estimate of drug-likeness (QED) is 0.730. The van der Waals surface area contributed by atoms with Gasteiger partial charge in [0.1, 0.15) is 0 Å². The highest BCUT2D eigenvalue weighted by Gasteiger charge is 2.28. The molecule has 2 heterocycles. The molecular formula is C25H27N3O4. The van der Waals surface area contributed by atoms with E-state index in [1.54, 1.807) is 35.4 Å². The van der Waals surface area contributed by atoms with Crippen molar-refractivity contribution in [3.63, 3.8) is 0 Å².